The molecule has 1 aliphatic carbocycles. The molecule has 2 aliphatic rings. The smallest absolute Gasteiger partial charge is 0.322 e. The lowest BCUT2D eigenvalue weighted by Crippen LogP contribution is -2.54. The van der Waals surface area contributed by atoms with Crippen LogP contribution in [0, 0.1) is 0 Å². The Morgan fingerprint density at radius 3 is 2.35 bits per heavy atom. The highest BCUT2D eigenvalue weighted by Crippen LogP contribution is 2.46. The molecule has 0 bridgehead atoms. The quantitative estimate of drug-likeness (QED) is 0.773. The highest BCUT2D eigenvalue weighted by Gasteiger charge is 2.50. The van der Waals surface area contributed by atoms with Crippen LogP contribution in [0.3, 0.4) is 0 Å². The Morgan fingerprint density at radius 1 is 1.13 bits per heavy atom. The lowest BCUT2D eigenvalue weighted by molar-refractivity contribution is 0.0658. The number of rotatable bonds is 5. The number of benzene rings is 1. The Bertz CT molecular complexity index is 936. The number of anilines is 1. The second-order valence-electron chi connectivity index (χ2n) is 8.71. The molecular weight excluding hydrogens is 392 g/mol. The van der Waals surface area contributed by atoms with Crippen molar-refractivity contribution in [2.24, 2.45) is 0 Å². The molecule has 1 saturated carbocycles. The van der Waals surface area contributed by atoms with E-state index in [1.54, 1.807) is 17.3 Å². The zero-order chi connectivity index (χ0) is 22.1. The number of nitrogens with one attached hydrogen (secondary N) is 2. The molecule has 1 saturated heterocycles. The van der Waals surface area contributed by atoms with Crippen LogP contribution in [0.5, 0.6) is 0 Å². The zero-order valence-electron chi connectivity index (χ0n) is 18.4. The number of aromatic nitrogens is 2. The number of amides is 3. The van der Waals surface area contributed by atoms with Gasteiger partial charge in [-0.2, -0.15) is 0 Å². The molecule has 2 fully saturated rings. The van der Waals surface area contributed by atoms with Crippen LogP contribution in [-0.4, -0.2) is 59.5 Å². The molecule has 3 amide bonds. The van der Waals surface area contributed by atoms with Gasteiger partial charge in [-0.05, 0) is 52.3 Å². The second-order valence-corrected chi connectivity index (χ2v) is 8.71. The fourth-order valence-electron chi connectivity index (χ4n) is 4.90. The summed E-state index contributed by atoms with van der Waals surface area (Å²) < 4.78 is 0. The summed E-state index contributed by atoms with van der Waals surface area (Å²) in [6.07, 6.45) is 6.80. The van der Waals surface area contributed by atoms with Crippen molar-refractivity contribution in [3.8, 4) is 0 Å². The van der Waals surface area contributed by atoms with Gasteiger partial charge in [0.15, 0.2) is 0 Å². The first-order valence-electron chi connectivity index (χ1n) is 10.8. The van der Waals surface area contributed by atoms with Gasteiger partial charge in [0.1, 0.15) is 0 Å². The van der Waals surface area contributed by atoms with Crippen LogP contribution in [0.2, 0.25) is 0 Å². The van der Waals surface area contributed by atoms with Gasteiger partial charge in [-0.3, -0.25) is 14.6 Å². The van der Waals surface area contributed by atoms with E-state index in [4.69, 9.17) is 0 Å². The van der Waals surface area contributed by atoms with E-state index in [0.717, 1.165) is 25.7 Å². The van der Waals surface area contributed by atoms with E-state index in [2.05, 4.69) is 63.9 Å². The summed E-state index contributed by atoms with van der Waals surface area (Å²) in [5, 5.41) is 5.91. The second kappa shape index (κ2) is 8.26. The van der Waals surface area contributed by atoms with Crippen LogP contribution in [0.15, 0.2) is 42.7 Å². The van der Waals surface area contributed by atoms with E-state index in [1.807, 2.05) is 13.0 Å². The van der Waals surface area contributed by atoms with Crippen LogP contribution >= 0.6 is 0 Å². The molecule has 1 aromatic heterocycles. The number of carbonyl (C=O) groups is 2. The average molecular weight is 423 g/mol. The summed E-state index contributed by atoms with van der Waals surface area (Å²) in [6, 6.07) is 10.5. The molecule has 2 heterocycles. The van der Waals surface area contributed by atoms with Crippen LogP contribution in [0.1, 0.15) is 48.8 Å². The summed E-state index contributed by atoms with van der Waals surface area (Å²) in [6.45, 7) is 2.93. The minimum Gasteiger partial charge on any atom is -0.350 e. The molecule has 2 N–H and O–H groups in total. The predicted molar refractivity (Wildman–Crippen MR) is 119 cm³/mol. The van der Waals surface area contributed by atoms with Crippen molar-refractivity contribution in [2.75, 3.05) is 32.1 Å². The van der Waals surface area contributed by atoms with Gasteiger partial charge >= 0.3 is 6.03 Å². The van der Waals surface area contributed by atoms with Gasteiger partial charge in [0.05, 0.1) is 30.2 Å². The number of carbonyl (C=O) groups excluding carboxylic acids is 2. The normalized spacial score (nSPS) is 25.7. The van der Waals surface area contributed by atoms with Crippen molar-refractivity contribution in [1.82, 2.24) is 25.5 Å². The molecular formula is C23H30N6O2. The Morgan fingerprint density at radius 2 is 1.77 bits per heavy atom. The van der Waals surface area contributed by atoms with Gasteiger partial charge in [0, 0.05) is 12.1 Å². The van der Waals surface area contributed by atoms with Crippen LogP contribution in [-0.2, 0) is 5.54 Å². The first-order chi connectivity index (χ1) is 14.9. The van der Waals surface area contributed by atoms with Crippen LogP contribution < -0.4 is 15.5 Å². The highest BCUT2D eigenvalue weighted by molar-refractivity contribution is 5.95. The zero-order valence-corrected chi connectivity index (χ0v) is 18.4. The number of urea groups is 1. The fourth-order valence-corrected chi connectivity index (χ4v) is 4.90. The Balaban J connectivity index is 1.49. The molecule has 1 spiro atoms. The molecule has 0 atom stereocenters. The van der Waals surface area contributed by atoms with Crippen molar-refractivity contribution < 1.29 is 9.59 Å². The van der Waals surface area contributed by atoms with Crippen molar-refractivity contribution >= 4 is 17.6 Å². The minimum absolute atomic E-state index is 0.0257. The lowest BCUT2D eigenvalue weighted by atomic mass is 9.69. The first-order valence-corrected chi connectivity index (χ1v) is 10.8. The van der Waals surface area contributed by atoms with E-state index in [1.165, 1.54) is 5.56 Å². The fraction of sp³-hybridized carbons (Fsp3) is 0.478. The third kappa shape index (κ3) is 3.87. The topological polar surface area (TPSA) is 90.5 Å². The van der Waals surface area contributed by atoms with Gasteiger partial charge in [-0.25, -0.2) is 14.8 Å². The SMILES string of the molecule is CCNC(=O)c1ncc(N2CC3(CCC(c4ccccc4)(N(C)C)CC3)NC2=O)cn1. The number of hydrogen-bond donors (Lipinski definition) is 2. The van der Waals surface area contributed by atoms with Gasteiger partial charge < -0.3 is 10.6 Å². The summed E-state index contributed by atoms with van der Waals surface area (Å²) in [7, 11) is 4.27. The van der Waals surface area contributed by atoms with Gasteiger partial charge in [0.2, 0.25) is 5.82 Å². The molecule has 31 heavy (non-hydrogen) atoms. The van der Waals surface area contributed by atoms with E-state index >= 15 is 0 Å². The van der Waals surface area contributed by atoms with Gasteiger partial charge in [-0.15, -0.1) is 0 Å². The Hall–Kier alpha value is -3.00. The predicted octanol–water partition coefficient (Wildman–Crippen LogP) is 2.53. The standard InChI is InChI=1S/C23H30N6O2/c1-4-24-20(30)19-25-14-18(15-26-19)29-16-22(27-21(29)31)10-12-23(13-11-22,28(2)3)17-8-6-5-7-9-17/h5-9,14-15H,4,10-13,16H2,1-3H3,(H,24,30)(H,27,31). The maximum Gasteiger partial charge on any atom is 0.322 e. The number of hydrogen-bond acceptors (Lipinski definition) is 5. The van der Waals surface area contributed by atoms with Crippen LogP contribution in [0.25, 0.3) is 0 Å². The monoisotopic (exact) mass is 422 g/mol. The van der Waals surface area contributed by atoms with Crippen molar-refractivity contribution in [3.63, 3.8) is 0 Å². The molecule has 1 aliphatic heterocycles. The van der Waals surface area contributed by atoms with E-state index in [-0.39, 0.29) is 28.8 Å². The summed E-state index contributed by atoms with van der Waals surface area (Å²) in [4.78, 5) is 37.0. The molecule has 164 valence electrons. The van der Waals surface area contributed by atoms with E-state index in [9.17, 15) is 9.59 Å². The summed E-state index contributed by atoms with van der Waals surface area (Å²) in [5.74, 6) is -0.208. The van der Waals surface area contributed by atoms with Gasteiger partial charge in [-0.1, -0.05) is 30.3 Å². The summed E-state index contributed by atoms with van der Waals surface area (Å²) >= 11 is 0. The largest absolute Gasteiger partial charge is 0.350 e. The first kappa shape index (κ1) is 21.2. The highest BCUT2D eigenvalue weighted by atomic mass is 16.2. The lowest BCUT2D eigenvalue weighted by Gasteiger charge is -2.48. The molecule has 0 unspecified atom stereocenters. The molecule has 2 aromatic rings. The molecule has 8 nitrogen and oxygen atoms in total. The molecule has 1 aromatic carbocycles. The Labute approximate surface area is 183 Å². The maximum absolute atomic E-state index is 12.8. The van der Waals surface area contributed by atoms with Crippen molar-refractivity contribution in [2.45, 2.75) is 43.7 Å². The summed E-state index contributed by atoms with van der Waals surface area (Å²) in [5.41, 5.74) is 1.64. The van der Waals surface area contributed by atoms with Crippen molar-refractivity contribution in [3.05, 3.63) is 54.1 Å². The minimum atomic E-state index is -0.315. The maximum atomic E-state index is 12.8. The third-order valence-corrected chi connectivity index (χ3v) is 6.77. The Kier molecular flexibility index (Phi) is 5.66. The van der Waals surface area contributed by atoms with Crippen molar-refractivity contribution in [1.29, 1.82) is 0 Å². The van der Waals surface area contributed by atoms with Crippen LogP contribution in [0.4, 0.5) is 10.5 Å². The van der Waals surface area contributed by atoms with E-state index in [0.29, 0.717) is 18.8 Å². The average Bonchev–Trinajstić information content (AvgIpc) is 3.11. The molecule has 0 radical (unpaired) electrons. The van der Waals surface area contributed by atoms with E-state index < -0.39 is 0 Å². The molecule has 8 heteroatoms. The third-order valence-electron chi connectivity index (χ3n) is 6.77. The molecule has 4 rings (SSSR count). The number of nitrogens with zero attached hydrogens (tertiary/aromatic N) is 4. The van der Waals surface area contributed by atoms with Gasteiger partial charge in [0.25, 0.3) is 5.91 Å².